The Bertz CT molecular complexity index is 1310. The van der Waals surface area contributed by atoms with Crippen LogP contribution in [0.5, 0.6) is 0 Å². The molecule has 0 N–H and O–H groups in total. The normalized spacial score (nSPS) is 17.4. The zero-order valence-electron chi connectivity index (χ0n) is 17.9. The van der Waals surface area contributed by atoms with Crippen LogP contribution < -0.4 is 0 Å². The molecule has 3 aromatic rings. The van der Waals surface area contributed by atoms with Crippen molar-refractivity contribution in [3.05, 3.63) is 60.2 Å². The van der Waals surface area contributed by atoms with Gasteiger partial charge in [0.05, 0.1) is 11.3 Å². The molecule has 0 unspecified atom stereocenters. The zero-order chi connectivity index (χ0) is 23.0. The number of nitrogens with zero attached hydrogens (tertiary/aromatic N) is 4. The Morgan fingerprint density at radius 1 is 1.00 bits per heavy atom. The average molecular weight is 487 g/mol. The number of carbonyl (C=O) groups is 1. The molecule has 1 amide bonds. The minimum atomic E-state index is -3.93. The second-order valence-corrected chi connectivity index (χ2v) is 11.1. The number of hydrogen-bond donors (Lipinski definition) is 0. The van der Waals surface area contributed by atoms with Gasteiger partial charge in [0.2, 0.25) is 15.9 Å². The lowest BCUT2D eigenvalue weighted by molar-refractivity contribution is -0.129. The third-order valence-corrected chi connectivity index (χ3v) is 8.81. The molecule has 0 radical (unpaired) electrons. The van der Waals surface area contributed by atoms with Crippen LogP contribution in [-0.4, -0.2) is 65.4 Å². The van der Waals surface area contributed by atoms with Crippen LogP contribution in [-0.2, 0) is 14.8 Å². The van der Waals surface area contributed by atoms with Gasteiger partial charge in [-0.3, -0.25) is 4.79 Å². The summed E-state index contributed by atoms with van der Waals surface area (Å²) in [6.45, 7) is 0.806. The van der Waals surface area contributed by atoms with Crippen LogP contribution in [0.4, 0.5) is 4.39 Å². The number of fused-ring (bicyclic) bond motifs is 1. The van der Waals surface area contributed by atoms with Crippen LogP contribution in [0.1, 0.15) is 24.6 Å². The lowest BCUT2D eigenvalue weighted by Gasteiger charge is -2.34. The zero-order valence-corrected chi connectivity index (χ0v) is 19.5. The predicted octanol–water partition coefficient (Wildman–Crippen LogP) is 3.27. The van der Waals surface area contributed by atoms with E-state index >= 15 is 0 Å². The summed E-state index contributed by atoms with van der Waals surface area (Å²) < 4.78 is 40.8. The van der Waals surface area contributed by atoms with Gasteiger partial charge in [0.15, 0.2) is 0 Å². The Labute approximate surface area is 196 Å². The summed E-state index contributed by atoms with van der Waals surface area (Å²) in [7, 11) is -3.93. The smallest absolute Gasteiger partial charge is 0.246 e. The van der Waals surface area contributed by atoms with Gasteiger partial charge in [0.25, 0.3) is 0 Å². The van der Waals surface area contributed by atoms with Crippen LogP contribution in [0.3, 0.4) is 0 Å². The van der Waals surface area contributed by atoms with Gasteiger partial charge < -0.3 is 4.90 Å². The van der Waals surface area contributed by atoms with Crippen molar-refractivity contribution in [1.82, 2.24) is 19.2 Å². The first-order valence-corrected chi connectivity index (χ1v) is 13.3. The Morgan fingerprint density at radius 3 is 2.42 bits per heavy atom. The number of halogens is 1. The summed E-state index contributed by atoms with van der Waals surface area (Å²) in [5.41, 5.74) is 0.885. The fourth-order valence-electron chi connectivity index (χ4n) is 3.89. The van der Waals surface area contributed by atoms with Crippen molar-refractivity contribution in [3.8, 4) is 0 Å². The van der Waals surface area contributed by atoms with E-state index in [-0.39, 0.29) is 42.7 Å². The van der Waals surface area contributed by atoms with E-state index < -0.39 is 15.8 Å². The van der Waals surface area contributed by atoms with Crippen molar-refractivity contribution in [3.63, 3.8) is 0 Å². The molecule has 1 aliphatic carbocycles. The highest BCUT2D eigenvalue weighted by Gasteiger charge is 2.32. The molecule has 0 bridgehead atoms. The lowest BCUT2D eigenvalue weighted by atomic mass is 10.2. The summed E-state index contributed by atoms with van der Waals surface area (Å²) in [4.78, 5) is 23.6. The maximum atomic E-state index is 14.0. The summed E-state index contributed by atoms with van der Waals surface area (Å²) in [6, 6.07) is 13.2. The number of benzene rings is 2. The summed E-state index contributed by atoms with van der Waals surface area (Å²) in [5, 5.41) is 1.73. The molecule has 1 aliphatic heterocycles. The van der Waals surface area contributed by atoms with Crippen molar-refractivity contribution in [2.75, 3.05) is 31.9 Å². The summed E-state index contributed by atoms with van der Waals surface area (Å²) >= 11 is 1.39. The fraction of sp³-hybridized carbons (Fsp3) is 0.348. The summed E-state index contributed by atoms with van der Waals surface area (Å²) in [5.74, 6) is 0.629. The Kier molecular flexibility index (Phi) is 6.07. The molecule has 2 fully saturated rings. The quantitative estimate of drug-likeness (QED) is 0.393. The van der Waals surface area contributed by atoms with E-state index in [9.17, 15) is 17.6 Å². The molecule has 0 spiro atoms. The van der Waals surface area contributed by atoms with Gasteiger partial charge in [-0.2, -0.15) is 4.31 Å². The monoisotopic (exact) mass is 486 g/mol. The number of rotatable bonds is 6. The maximum Gasteiger partial charge on any atom is 0.246 e. The molecule has 5 rings (SSSR count). The first-order chi connectivity index (χ1) is 15.9. The average Bonchev–Trinajstić information content (AvgIpc) is 3.68. The van der Waals surface area contributed by atoms with Gasteiger partial charge >= 0.3 is 0 Å². The number of carbonyl (C=O) groups excluding carboxylic acids is 1. The summed E-state index contributed by atoms with van der Waals surface area (Å²) in [6.07, 6.45) is 2.20. The highest BCUT2D eigenvalue weighted by Crippen LogP contribution is 2.39. The number of aromatic nitrogens is 2. The van der Waals surface area contributed by atoms with E-state index in [1.54, 1.807) is 4.90 Å². The molecule has 2 heterocycles. The van der Waals surface area contributed by atoms with Crippen LogP contribution in [0.15, 0.2) is 58.5 Å². The van der Waals surface area contributed by atoms with Gasteiger partial charge in [0, 0.05) is 37.5 Å². The first-order valence-electron chi connectivity index (χ1n) is 10.9. The minimum absolute atomic E-state index is 0.0707. The molecule has 33 heavy (non-hydrogen) atoms. The van der Waals surface area contributed by atoms with Gasteiger partial charge in [-0.15, -0.1) is 0 Å². The van der Waals surface area contributed by atoms with Crippen LogP contribution in [0.2, 0.25) is 0 Å². The van der Waals surface area contributed by atoms with Crippen molar-refractivity contribution in [2.45, 2.75) is 28.7 Å². The molecule has 2 aromatic carbocycles. The molecular weight excluding hydrogens is 463 g/mol. The highest BCUT2D eigenvalue weighted by molar-refractivity contribution is 8.00. The molecule has 1 saturated heterocycles. The van der Waals surface area contributed by atoms with Crippen molar-refractivity contribution < 1.29 is 17.6 Å². The largest absolute Gasteiger partial charge is 0.339 e. The highest BCUT2D eigenvalue weighted by atomic mass is 32.2. The Balaban J connectivity index is 1.23. The molecule has 172 valence electrons. The predicted molar refractivity (Wildman–Crippen MR) is 124 cm³/mol. The van der Waals surface area contributed by atoms with E-state index in [4.69, 9.17) is 4.98 Å². The van der Waals surface area contributed by atoms with E-state index in [2.05, 4.69) is 4.98 Å². The molecule has 10 heteroatoms. The Hall–Kier alpha value is -2.56. The van der Waals surface area contributed by atoms with Crippen molar-refractivity contribution in [2.24, 2.45) is 0 Å². The second kappa shape index (κ2) is 9.00. The number of thioether (sulfide) groups is 1. The van der Waals surface area contributed by atoms with Crippen LogP contribution in [0, 0.1) is 5.82 Å². The molecule has 1 aromatic heterocycles. The SMILES string of the molecule is O=C(CSc1nc(C2CC2)nc2ccccc12)N1CCN(S(=O)(=O)c2ccccc2F)CC1. The Morgan fingerprint density at radius 2 is 1.70 bits per heavy atom. The van der Waals surface area contributed by atoms with Crippen LogP contribution in [0.25, 0.3) is 10.9 Å². The first kappa shape index (κ1) is 22.2. The number of piperazine rings is 1. The molecule has 1 saturated carbocycles. The van der Waals surface area contributed by atoms with Crippen molar-refractivity contribution in [1.29, 1.82) is 0 Å². The maximum absolute atomic E-state index is 14.0. The molecule has 7 nitrogen and oxygen atoms in total. The number of sulfonamides is 1. The van der Waals surface area contributed by atoms with Gasteiger partial charge in [0.1, 0.15) is 21.6 Å². The number of amides is 1. The van der Waals surface area contributed by atoms with E-state index in [1.807, 2.05) is 24.3 Å². The lowest BCUT2D eigenvalue weighted by Crippen LogP contribution is -2.51. The second-order valence-electron chi connectivity index (χ2n) is 8.18. The van der Waals surface area contributed by atoms with E-state index in [0.717, 1.165) is 40.7 Å². The third-order valence-electron chi connectivity index (χ3n) is 5.91. The van der Waals surface area contributed by atoms with Gasteiger partial charge in [-0.25, -0.2) is 22.8 Å². The van der Waals surface area contributed by atoms with Gasteiger partial charge in [-0.1, -0.05) is 42.1 Å². The fourth-order valence-corrected chi connectivity index (χ4v) is 6.31. The third kappa shape index (κ3) is 4.60. The molecule has 2 aliphatic rings. The van der Waals surface area contributed by atoms with Crippen LogP contribution >= 0.6 is 11.8 Å². The van der Waals surface area contributed by atoms with E-state index in [0.29, 0.717) is 5.92 Å². The number of para-hydroxylation sites is 1. The van der Waals surface area contributed by atoms with Gasteiger partial charge in [-0.05, 0) is 31.0 Å². The standard InChI is InChI=1S/C23H23FN4O3S2/c24-18-6-2-4-8-20(18)33(30,31)28-13-11-27(12-14-28)21(29)15-32-23-17-5-1-3-7-19(17)25-22(26-23)16-9-10-16/h1-8,16H,9-15H2. The minimum Gasteiger partial charge on any atom is -0.339 e. The molecular formula is C23H23FN4O3S2. The van der Waals surface area contributed by atoms with E-state index in [1.165, 1.54) is 34.3 Å². The topological polar surface area (TPSA) is 83.5 Å². The van der Waals surface area contributed by atoms with Crippen molar-refractivity contribution >= 4 is 38.6 Å². The molecule has 0 atom stereocenters. The number of hydrogen-bond acceptors (Lipinski definition) is 6.